The first-order chi connectivity index (χ1) is 29.6. The predicted octanol–water partition coefficient (Wildman–Crippen LogP) is 16.1. The van der Waals surface area contributed by atoms with Gasteiger partial charge in [0.25, 0.3) is 0 Å². The maximum absolute atomic E-state index is 10.8. The topological polar surface area (TPSA) is 83.6 Å². The van der Waals surface area contributed by atoms with Gasteiger partial charge < -0.3 is 19.7 Å². The zero-order valence-electron chi connectivity index (χ0n) is 38.1. The largest absolute Gasteiger partial charge is 0.507 e. The van der Waals surface area contributed by atoms with E-state index in [1.54, 1.807) is 24.6 Å². The summed E-state index contributed by atoms with van der Waals surface area (Å²) in [5.41, 5.74) is 2.29. The molecule has 0 saturated heterocycles. The number of aromatic hydroxyl groups is 2. The van der Waals surface area contributed by atoms with Crippen molar-refractivity contribution >= 4 is 12.4 Å². The van der Waals surface area contributed by atoms with Crippen molar-refractivity contribution in [3.05, 3.63) is 83.4 Å². The normalized spacial score (nSPS) is 12.2. The highest BCUT2D eigenvalue weighted by atomic mass is 16.5. The van der Waals surface area contributed by atoms with E-state index in [4.69, 9.17) is 14.5 Å². The molecule has 1 atom stereocenters. The lowest BCUT2D eigenvalue weighted by molar-refractivity contribution is 0.302. The van der Waals surface area contributed by atoms with E-state index >= 15 is 0 Å². The molecule has 0 saturated carbocycles. The fraction of sp³-hybridized carbons (Fsp3) is 0.630. The minimum Gasteiger partial charge on any atom is -0.507 e. The smallest absolute Gasteiger partial charge is 0.128 e. The van der Waals surface area contributed by atoms with Crippen LogP contribution in [0.2, 0.25) is 0 Å². The molecule has 6 heteroatoms. The Morgan fingerprint density at radius 2 is 0.817 bits per heavy atom. The Bertz CT molecular complexity index is 1520. The van der Waals surface area contributed by atoms with E-state index in [-0.39, 0.29) is 17.5 Å². The van der Waals surface area contributed by atoms with Crippen LogP contribution in [0.3, 0.4) is 0 Å². The van der Waals surface area contributed by atoms with Crippen molar-refractivity contribution in [2.45, 2.75) is 200 Å². The molecule has 1 unspecified atom stereocenters. The third-order valence-electron chi connectivity index (χ3n) is 11.6. The minimum absolute atomic E-state index is 0.143. The first-order valence-electron chi connectivity index (χ1n) is 24.6. The highest BCUT2D eigenvalue weighted by Crippen LogP contribution is 2.26. The van der Waals surface area contributed by atoms with E-state index < -0.39 is 0 Å². The maximum Gasteiger partial charge on any atom is 0.128 e. The summed E-state index contributed by atoms with van der Waals surface area (Å²) >= 11 is 0. The van der Waals surface area contributed by atoms with E-state index in [0.717, 1.165) is 18.4 Å². The van der Waals surface area contributed by atoms with Gasteiger partial charge in [0, 0.05) is 35.7 Å². The summed E-state index contributed by atoms with van der Waals surface area (Å²) in [6.07, 6.45) is 40.7. The van der Waals surface area contributed by atoms with Crippen LogP contribution in [0.25, 0.3) is 0 Å². The molecule has 334 valence electrons. The number of nitrogens with zero attached hydrogens (tertiary/aromatic N) is 2. The van der Waals surface area contributed by atoms with Crippen LogP contribution in [0.1, 0.15) is 216 Å². The van der Waals surface area contributed by atoms with Crippen molar-refractivity contribution in [2.75, 3.05) is 19.8 Å². The van der Waals surface area contributed by atoms with Crippen molar-refractivity contribution in [1.82, 2.24) is 0 Å². The Hall–Kier alpha value is -3.80. The number of unbranched alkanes of at least 4 members (excludes halogenated alkanes) is 26. The number of hydrogen-bond acceptors (Lipinski definition) is 6. The van der Waals surface area contributed by atoms with E-state index in [1.807, 2.05) is 54.6 Å². The summed E-state index contributed by atoms with van der Waals surface area (Å²) in [5, 5.41) is 21.5. The number of rotatable bonds is 38. The number of phenols is 2. The molecule has 0 aliphatic rings. The molecule has 0 aliphatic carbocycles. The van der Waals surface area contributed by atoms with E-state index in [0.29, 0.717) is 42.4 Å². The molecule has 3 aromatic carbocycles. The molecule has 0 spiro atoms. The van der Waals surface area contributed by atoms with Crippen LogP contribution >= 0.6 is 0 Å². The van der Waals surface area contributed by atoms with Gasteiger partial charge in [0.2, 0.25) is 0 Å². The molecule has 6 nitrogen and oxygen atoms in total. The quantitative estimate of drug-likeness (QED) is 0.0445. The van der Waals surface area contributed by atoms with Crippen molar-refractivity contribution < 1.29 is 19.7 Å². The summed E-state index contributed by atoms with van der Waals surface area (Å²) in [6, 6.07) is 20.6. The summed E-state index contributed by atoms with van der Waals surface area (Å²) in [6.45, 7) is 6.26. The first-order valence-corrected chi connectivity index (χ1v) is 24.6. The van der Waals surface area contributed by atoms with E-state index in [2.05, 4.69) is 18.8 Å². The average Bonchev–Trinajstić information content (AvgIpc) is 3.26. The Labute approximate surface area is 366 Å². The third-order valence-corrected chi connectivity index (χ3v) is 11.6. The van der Waals surface area contributed by atoms with E-state index in [9.17, 15) is 10.2 Å². The number of phenolic OH excluding ortho intramolecular Hbond substituents is 2. The SMILES string of the molecule is CCCCCCCCCCCCCCCCOc1ccc(C=NCC(N=Cc2ccc(OCCCCCCCCCCCCCCCC)cc2O)c2ccccc2)c(O)c1. The Morgan fingerprint density at radius 3 is 1.20 bits per heavy atom. The Morgan fingerprint density at radius 1 is 0.450 bits per heavy atom. The van der Waals surface area contributed by atoms with Gasteiger partial charge in [-0.15, -0.1) is 0 Å². The molecular formula is C54H84N2O4. The lowest BCUT2D eigenvalue weighted by Gasteiger charge is -2.11. The van der Waals surface area contributed by atoms with Crippen molar-refractivity contribution in [3.63, 3.8) is 0 Å². The molecule has 0 bridgehead atoms. The fourth-order valence-electron chi connectivity index (χ4n) is 7.75. The van der Waals surface area contributed by atoms with Crippen LogP contribution in [0, 0.1) is 0 Å². The minimum atomic E-state index is -0.257. The molecule has 0 radical (unpaired) electrons. The monoisotopic (exact) mass is 825 g/mol. The molecule has 0 heterocycles. The van der Waals surface area contributed by atoms with Crippen molar-refractivity contribution in [3.8, 4) is 23.0 Å². The van der Waals surface area contributed by atoms with Crippen LogP contribution < -0.4 is 9.47 Å². The summed E-state index contributed by atoms with van der Waals surface area (Å²) in [4.78, 5) is 9.51. The van der Waals surface area contributed by atoms with Gasteiger partial charge in [-0.1, -0.05) is 211 Å². The zero-order chi connectivity index (χ0) is 42.6. The van der Waals surface area contributed by atoms with Gasteiger partial charge in [0.15, 0.2) is 0 Å². The number of hydrogen-bond donors (Lipinski definition) is 2. The standard InChI is InChI=1S/C54H84N2O4/c1-3-5-7-9-11-13-15-17-19-21-23-25-27-32-40-59-50-38-36-48(53(57)42-50)44-55-46-52(47-34-30-29-31-35-47)56-45-49-37-39-51(43-54(49)58)60-41-33-28-26-24-22-20-18-16-14-12-10-8-6-4-2/h29-31,34-39,42-45,52,57-58H,3-28,32-33,40-41,46H2,1-2H3. The van der Waals surface area contributed by atoms with Crippen LogP contribution in [0.5, 0.6) is 23.0 Å². The predicted molar refractivity (Wildman–Crippen MR) is 257 cm³/mol. The van der Waals surface area contributed by atoms with Crippen LogP contribution in [-0.4, -0.2) is 42.4 Å². The van der Waals surface area contributed by atoms with Crippen molar-refractivity contribution in [1.29, 1.82) is 0 Å². The van der Waals surface area contributed by atoms with Crippen LogP contribution in [0.4, 0.5) is 0 Å². The molecular weight excluding hydrogens is 741 g/mol. The Balaban J connectivity index is 1.32. The molecule has 0 amide bonds. The molecule has 0 aliphatic heterocycles. The van der Waals surface area contributed by atoms with Crippen LogP contribution in [0.15, 0.2) is 76.7 Å². The summed E-state index contributed by atoms with van der Waals surface area (Å²) < 4.78 is 11.9. The van der Waals surface area contributed by atoms with Crippen molar-refractivity contribution in [2.24, 2.45) is 9.98 Å². The first kappa shape index (κ1) is 50.6. The maximum atomic E-state index is 10.8. The summed E-state index contributed by atoms with van der Waals surface area (Å²) in [5.74, 6) is 1.64. The molecule has 3 aromatic rings. The molecule has 3 rings (SSSR count). The zero-order valence-corrected chi connectivity index (χ0v) is 38.1. The molecule has 60 heavy (non-hydrogen) atoms. The van der Waals surface area contributed by atoms with Gasteiger partial charge in [-0.25, -0.2) is 0 Å². The second-order valence-corrected chi connectivity index (χ2v) is 17.0. The van der Waals surface area contributed by atoms with E-state index in [1.165, 1.54) is 167 Å². The highest BCUT2D eigenvalue weighted by Gasteiger charge is 2.10. The van der Waals surface area contributed by atoms with Gasteiger partial charge in [0.05, 0.1) is 25.8 Å². The molecule has 2 N–H and O–H groups in total. The average molecular weight is 825 g/mol. The van der Waals surface area contributed by atoms with Gasteiger partial charge in [-0.3, -0.25) is 9.98 Å². The van der Waals surface area contributed by atoms with Gasteiger partial charge >= 0.3 is 0 Å². The Kier molecular flexibility index (Phi) is 29.4. The third kappa shape index (κ3) is 24.5. The number of ether oxygens (including phenoxy) is 2. The lowest BCUT2D eigenvalue weighted by atomic mass is 10.0. The van der Waals surface area contributed by atoms with Gasteiger partial charge in [-0.2, -0.15) is 0 Å². The second-order valence-electron chi connectivity index (χ2n) is 17.0. The highest BCUT2D eigenvalue weighted by molar-refractivity contribution is 5.84. The second kappa shape index (κ2) is 34.9. The summed E-state index contributed by atoms with van der Waals surface area (Å²) in [7, 11) is 0. The number of benzene rings is 3. The van der Waals surface area contributed by atoms with Gasteiger partial charge in [-0.05, 0) is 42.7 Å². The van der Waals surface area contributed by atoms with Crippen LogP contribution in [-0.2, 0) is 0 Å². The molecule has 0 aromatic heterocycles. The fourth-order valence-corrected chi connectivity index (χ4v) is 7.75. The molecule has 0 fully saturated rings. The lowest BCUT2D eigenvalue weighted by Crippen LogP contribution is -2.02. The van der Waals surface area contributed by atoms with Gasteiger partial charge in [0.1, 0.15) is 23.0 Å². The number of aliphatic imine (C=N–C) groups is 2.